The molecule has 1 aromatic heterocycles. The van der Waals surface area contributed by atoms with Crippen molar-refractivity contribution in [3.63, 3.8) is 0 Å². The van der Waals surface area contributed by atoms with Gasteiger partial charge >= 0.3 is 0 Å². The molecule has 1 heterocycles. The predicted molar refractivity (Wildman–Crippen MR) is 65.9 cm³/mol. The van der Waals surface area contributed by atoms with E-state index in [4.69, 9.17) is 12.2 Å². The van der Waals surface area contributed by atoms with Gasteiger partial charge in [-0.3, -0.25) is 0 Å². The summed E-state index contributed by atoms with van der Waals surface area (Å²) in [5.74, 6) is 0. The zero-order valence-electron chi connectivity index (χ0n) is 8.60. The topological polar surface area (TPSA) is 63.8 Å². The van der Waals surface area contributed by atoms with Crippen LogP contribution in [0, 0.1) is 4.77 Å². The van der Waals surface area contributed by atoms with E-state index in [-0.39, 0.29) is 0 Å². The fourth-order valence-corrected chi connectivity index (χ4v) is 1.58. The van der Waals surface area contributed by atoms with Gasteiger partial charge in [0.2, 0.25) is 0 Å². The smallest absolute Gasteiger partial charge is 0.174 e. The second-order valence-electron chi connectivity index (χ2n) is 3.46. The van der Waals surface area contributed by atoms with E-state index >= 15 is 0 Å². The van der Waals surface area contributed by atoms with Gasteiger partial charge in [0.25, 0.3) is 0 Å². The molecule has 2 aromatic rings. The minimum atomic E-state index is -0.604. The van der Waals surface area contributed by atoms with E-state index in [9.17, 15) is 5.11 Å². The molecule has 0 saturated heterocycles. The lowest BCUT2D eigenvalue weighted by Gasteiger charge is -2.10. The van der Waals surface area contributed by atoms with Gasteiger partial charge in [0.1, 0.15) is 6.10 Å². The second kappa shape index (κ2) is 4.96. The van der Waals surface area contributed by atoms with Crippen LogP contribution in [0.1, 0.15) is 11.8 Å². The van der Waals surface area contributed by atoms with Gasteiger partial charge in [0.05, 0.1) is 5.69 Å². The second-order valence-corrected chi connectivity index (χ2v) is 3.87. The van der Waals surface area contributed by atoms with Gasteiger partial charge in [-0.1, -0.05) is 18.2 Å². The summed E-state index contributed by atoms with van der Waals surface area (Å²) in [5, 5.41) is 13.0. The van der Waals surface area contributed by atoms with Gasteiger partial charge in [-0.2, -0.15) is 0 Å². The van der Waals surface area contributed by atoms with Gasteiger partial charge in [-0.15, -0.1) is 0 Å². The van der Waals surface area contributed by atoms with Crippen LogP contribution in [0.5, 0.6) is 0 Å². The number of hydrogen-bond acceptors (Lipinski definition) is 3. The standard InChI is InChI=1S/C11H13N3OS/c15-10(9-6-13-11(16)14-9)7-12-8-4-2-1-3-5-8/h1-6,10,12,15H,7H2,(H2,13,14,16). The molecular weight excluding hydrogens is 222 g/mol. The van der Waals surface area contributed by atoms with E-state index in [1.54, 1.807) is 6.20 Å². The van der Waals surface area contributed by atoms with Crippen molar-refractivity contribution in [1.29, 1.82) is 0 Å². The number of rotatable bonds is 4. The van der Waals surface area contributed by atoms with Crippen LogP contribution in [-0.4, -0.2) is 21.6 Å². The van der Waals surface area contributed by atoms with Crippen molar-refractivity contribution >= 4 is 17.9 Å². The molecule has 16 heavy (non-hydrogen) atoms. The quantitative estimate of drug-likeness (QED) is 0.614. The van der Waals surface area contributed by atoms with Gasteiger partial charge < -0.3 is 20.4 Å². The summed E-state index contributed by atoms with van der Waals surface area (Å²) in [6.45, 7) is 0.438. The normalized spacial score (nSPS) is 12.3. The van der Waals surface area contributed by atoms with Crippen molar-refractivity contribution < 1.29 is 5.11 Å². The fourth-order valence-electron chi connectivity index (χ4n) is 1.41. The molecule has 5 heteroatoms. The highest BCUT2D eigenvalue weighted by atomic mass is 32.1. The van der Waals surface area contributed by atoms with Crippen LogP contribution in [0.3, 0.4) is 0 Å². The molecule has 0 bridgehead atoms. The van der Waals surface area contributed by atoms with Crippen molar-refractivity contribution in [2.75, 3.05) is 11.9 Å². The molecule has 4 N–H and O–H groups in total. The van der Waals surface area contributed by atoms with Gasteiger partial charge in [0.15, 0.2) is 4.77 Å². The van der Waals surface area contributed by atoms with Gasteiger partial charge in [-0.25, -0.2) is 0 Å². The maximum Gasteiger partial charge on any atom is 0.174 e. The SMILES string of the molecule is OC(CNc1ccccc1)c1c[nH]c(=S)[nH]1. The van der Waals surface area contributed by atoms with Crippen molar-refractivity contribution in [3.8, 4) is 0 Å². The number of H-pyrrole nitrogens is 2. The summed E-state index contributed by atoms with van der Waals surface area (Å²) in [4.78, 5) is 5.70. The van der Waals surface area contributed by atoms with E-state index in [1.807, 2.05) is 30.3 Å². The lowest BCUT2D eigenvalue weighted by atomic mass is 10.2. The van der Waals surface area contributed by atoms with Crippen molar-refractivity contribution in [3.05, 3.63) is 47.0 Å². The number of aromatic nitrogens is 2. The Morgan fingerprint density at radius 2 is 2.06 bits per heavy atom. The summed E-state index contributed by atoms with van der Waals surface area (Å²) in [6.07, 6.45) is 1.08. The third-order valence-corrected chi connectivity index (χ3v) is 2.47. The molecular formula is C11H13N3OS. The van der Waals surface area contributed by atoms with E-state index in [1.165, 1.54) is 0 Å². The molecule has 1 atom stereocenters. The highest BCUT2D eigenvalue weighted by molar-refractivity contribution is 7.71. The Kier molecular flexibility index (Phi) is 3.38. The molecule has 0 saturated carbocycles. The van der Waals surface area contributed by atoms with Crippen molar-refractivity contribution in [1.82, 2.24) is 9.97 Å². The van der Waals surface area contributed by atoms with E-state index in [0.717, 1.165) is 5.69 Å². The summed E-state index contributed by atoms with van der Waals surface area (Å²) in [7, 11) is 0. The molecule has 0 radical (unpaired) electrons. The largest absolute Gasteiger partial charge is 0.385 e. The van der Waals surface area contributed by atoms with Crippen LogP contribution in [0.2, 0.25) is 0 Å². The highest BCUT2D eigenvalue weighted by Gasteiger charge is 2.08. The Labute approximate surface area is 98.4 Å². The third kappa shape index (κ3) is 2.71. The number of aromatic amines is 2. The van der Waals surface area contributed by atoms with Crippen molar-refractivity contribution in [2.45, 2.75) is 6.10 Å². The summed E-state index contributed by atoms with van der Waals surface area (Å²) >= 11 is 4.89. The molecule has 84 valence electrons. The number of anilines is 1. The zero-order valence-corrected chi connectivity index (χ0v) is 9.42. The number of aliphatic hydroxyl groups is 1. The molecule has 1 unspecified atom stereocenters. The van der Waals surface area contributed by atoms with Crippen LogP contribution in [0.25, 0.3) is 0 Å². The Bertz CT molecular complexity index is 491. The third-order valence-electron chi connectivity index (χ3n) is 2.25. The minimum Gasteiger partial charge on any atom is -0.385 e. The maximum absolute atomic E-state index is 9.84. The van der Waals surface area contributed by atoms with Crippen LogP contribution in [0.15, 0.2) is 36.5 Å². The number of nitrogens with one attached hydrogen (secondary N) is 3. The Morgan fingerprint density at radius 3 is 2.69 bits per heavy atom. The Hall–Kier alpha value is -1.59. The van der Waals surface area contributed by atoms with Crippen LogP contribution in [0.4, 0.5) is 5.69 Å². The molecule has 0 aliphatic carbocycles. The lowest BCUT2D eigenvalue weighted by molar-refractivity contribution is 0.187. The van der Waals surface area contributed by atoms with E-state index in [0.29, 0.717) is 17.0 Å². The number of imidazole rings is 1. The first-order valence-electron chi connectivity index (χ1n) is 5.00. The molecule has 0 aliphatic rings. The average Bonchev–Trinajstić information content (AvgIpc) is 2.74. The van der Waals surface area contributed by atoms with E-state index in [2.05, 4.69) is 15.3 Å². The zero-order chi connectivity index (χ0) is 11.4. The number of aliphatic hydroxyl groups excluding tert-OH is 1. The lowest BCUT2D eigenvalue weighted by Crippen LogP contribution is -2.12. The monoisotopic (exact) mass is 235 g/mol. The Morgan fingerprint density at radius 1 is 1.31 bits per heavy atom. The van der Waals surface area contributed by atoms with Crippen LogP contribution in [-0.2, 0) is 0 Å². The molecule has 0 fully saturated rings. The van der Waals surface area contributed by atoms with E-state index < -0.39 is 6.10 Å². The fraction of sp³-hybridized carbons (Fsp3) is 0.182. The molecule has 0 spiro atoms. The number of hydrogen-bond donors (Lipinski definition) is 4. The van der Waals surface area contributed by atoms with Gasteiger partial charge in [0, 0.05) is 18.4 Å². The summed E-state index contributed by atoms with van der Waals surface area (Å²) in [5.41, 5.74) is 1.67. The first-order chi connectivity index (χ1) is 7.75. The van der Waals surface area contributed by atoms with Crippen LogP contribution >= 0.6 is 12.2 Å². The average molecular weight is 235 g/mol. The molecule has 4 nitrogen and oxygen atoms in total. The first kappa shape index (κ1) is 10.9. The minimum absolute atomic E-state index is 0.438. The van der Waals surface area contributed by atoms with Crippen molar-refractivity contribution in [2.24, 2.45) is 0 Å². The van der Waals surface area contributed by atoms with Gasteiger partial charge in [-0.05, 0) is 24.4 Å². The molecule has 0 aliphatic heterocycles. The van der Waals surface area contributed by atoms with Crippen LogP contribution < -0.4 is 5.32 Å². The molecule has 1 aromatic carbocycles. The predicted octanol–water partition coefficient (Wildman–Crippen LogP) is 2.22. The summed E-state index contributed by atoms with van der Waals surface area (Å²) in [6, 6.07) is 9.74. The summed E-state index contributed by atoms with van der Waals surface area (Å²) < 4.78 is 0.522. The number of benzene rings is 1. The molecule has 0 amide bonds. The number of para-hydroxylation sites is 1. The first-order valence-corrected chi connectivity index (χ1v) is 5.41. The maximum atomic E-state index is 9.84. The Balaban J connectivity index is 1.94. The molecule has 2 rings (SSSR count). The highest BCUT2D eigenvalue weighted by Crippen LogP contribution is 2.11.